The van der Waals surface area contributed by atoms with Gasteiger partial charge in [0.15, 0.2) is 0 Å². The van der Waals surface area contributed by atoms with Crippen molar-refractivity contribution in [2.45, 2.75) is 24.4 Å². The minimum atomic E-state index is -4.23. The highest BCUT2D eigenvalue weighted by Gasteiger charge is 2.29. The molecule has 1 nitrogen and oxygen atoms in total. The van der Waals surface area contributed by atoms with Crippen LogP contribution in [0.15, 0.2) is 24.3 Å². The number of halogens is 3. The van der Waals surface area contributed by atoms with Crippen molar-refractivity contribution in [3.63, 3.8) is 0 Å². The first-order valence-electron chi connectivity index (χ1n) is 5.53. The van der Waals surface area contributed by atoms with Crippen molar-refractivity contribution in [3.8, 4) is 0 Å². The molecule has 0 bridgehead atoms. The Balaban J connectivity index is 1.81. The summed E-state index contributed by atoms with van der Waals surface area (Å²) >= 11 is 1.76. The smallest absolute Gasteiger partial charge is 0.313 e. The molecule has 1 saturated heterocycles. The van der Waals surface area contributed by atoms with E-state index in [1.54, 1.807) is 23.9 Å². The van der Waals surface area contributed by atoms with Gasteiger partial charge in [0.05, 0.1) is 5.56 Å². The van der Waals surface area contributed by atoms with Crippen LogP contribution in [0, 0.1) is 0 Å². The normalized spacial score (nSPS) is 20.1. The third kappa shape index (κ3) is 3.64. The van der Waals surface area contributed by atoms with Crippen molar-refractivity contribution in [1.82, 2.24) is 5.32 Å². The molecule has 0 radical (unpaired) electrons. The second-order valence-corrected chi connectivity index (χ2v) is 5.18. The van der Waals surface area contributed by atoms with E-state index in [4.69, 9.17) is 0 Å². The lowest BCUT2D eigenvalue weighted by molar-refractivity contribution is -0.137. The Labute approximate surface area is 103 Å². The molecule has 1 atom stereocenters. The van der Waals surface area contributed by atoms with Crippen LogP contribution < -0.4 is 5.32 Å². The Morgan fingerprint density at radius 2 is 1.88 bits per heavy atom. The maximum absolute atomic E-state index is 12.3. The van der Waals surface area contributed by atoms with Gasteiger partial charge in [-0.05, 0) is 30.7 Å². The van der Waals surface area contributed by atoms with Crippen LogP contribution in [0.25, 0.3) is 0 Å². The number of nitrogens with one attached hydrogen (secondary N) is 1. The van der Waals surface area contributed by atoms with E-state index in [2.05, 4.69) is 5.32 Å². The molecule has 94 valence electrons. The molecule has 0 saturated carbocycles. The van der Waals surface area contributed by atoms with Gasteiger partial charge in [0, 0.05) is 17.5 Å². The summed E-state index contributed by atoms with van der Waals surface area (Å²) in [6, 6.07) is 6.01. The molecule has 1 heterocycles. The highest BCUT2D eigenvalue weighted by Crippen LogP contribution is 2.29. The van der Waals surface area contributed by atoms with Crippen LogP contribution in [-0.2, 0) is 11.9 Å². The minimum absolute atomic E-state index is 0.577. The molecule has 1 aromatic rings. The molecule has 1 fully saturated rings. The van der Waals surface area contributed by atoms with Gasteiger partial charge in [-0.1, -0.05) is 12.1 Å². The van der Waals surface area contributed by atoms with Crippen molar-refractivity contribution < 1.29 is 13.2 Å². The topological polar surface area (TPSA) is 12.0 Å². The second-order valence-electron chi connectivity index (χ2n) is 4.15. The maximum Gasteiger partial charge on any atom is 0.416 e. The lowest BCUT2D eigenvalue weighted by Gasteiger charge is -2.27. The van der Waals surface area contributed by atoms with Crippen molar-refractivity contribution in [2.24, 2.45) is 0 Å². The van der Waals surface area contributed by atoms with Crippen LogP contribution in [0.1, 0.15) is 17.5 Å². The molecule has 1 aromatic carbocycles. The monoisotopic (exact) mass is 261 g/mol. The molecule has 0 amide bonds. The van der Waals surface area contributed by atoms with Crippen molar-refractivity contribution in [2.75, 3.05) is 12.3 Å². The van der Waals surface area contributed by atoms with E-state index in [1.807, 2.05) is 0 Å². The van der Waals surface area contributed by atoms with E-state index < -0.39 is 11.7 Å². The zero-order chi connectivity index (χ0) is 12.3. The van der Waals surface area contributed by atoms with Gasteiger partial charge in [-0.3, -0.25) is 0 Å². The van der Waals surface area contributed by atoms with Crippen molar-refractivity contribution in [3.05, 3.63) is 35.4 Å². The van der Waals surface area contributed by atoms with Gasteiger partial charge in [-0.2, -0.15) is 24.9 Å². The summed E-state index contributed by atoms with van der Waals surface area (Å²) in [5.74, 6) is 1.80. The van der Waals surface area contributed by atoms with Gasteiger partial charge < -0.3 is 5.32 Å². The van der Waals surface area contributed by atoms with Crippen molar-refractivity contribution >= 4 is 11.8 Å². The summed E-state index contributed by atoms with van der Waals surface area (Å²) in [7, 11) is 0. The fraction of sp³-hybridized carbons (Fsp3) is 0.500. The summed E-state index contributed by atoms with van der Waals surface area (Å²) in [6.07, 6.45) is -3.03. The van der Waals surface area contributed by atoms with Gasteiger partial charge in [0.25, 0.3) is 0 Å². The highest BCUT2D eigenvalue weighted by molar-refractivity contribution is 7.98. The largest absolute Gasteiger partial charge is 0.416 e. The van der Waals surface area contributed by atoms with Gasteiger partial charge in [0.1, 0.15) is 0 Å². The molecular weight excluding hydrogens is 247 g/mol. The average molecular weight is 261 g/mol. The van der Waals surface area contributed by atoms with Crippen LogP contribution in [0.5, 0.6) is 0 Å². The van der Waals surface area contributed by atoms with E-state index in [9.17, 15) is 13.2 Å². The SMILES string of the molecule is FC(F)(F)c1ccc(CSCC2CCN2)cc1. The van der Waals surface area contributed by atoms with Gasteiger partial charge in [-0.15, -0.1) is 0 Å². The van der Waals surface area contributed by atoms with Crippen LogP contribution in [0.4, 0.5) is 13.2 Å². The molecule has 5 heteroatoms. The zero-order valence-electron chi connectivity index (χ0n) is 9.26. The Bertz CT molecular complexity index is 357. The predicted octanol–water partition coefficient (Wildman–Crippen LogP) is 3.30. The zero-order valence-corrected chi connectivity index (χ0v) is 10.1. The Hall–Kier alpha value is -0.680. The lowest BCUT2D eigenvalue weighted by atomic mass is 10.1. The number of alkyl halides is 3. The first-order chi connectivity index (χ1) is 8.05. The number of hydrogen-bond donors (Lipinski definition) is 1. The second kappa shape index (κ2) is 5.31. The number of rotatable bonds is 4. The van der Waals surface area contributed by atoms with Gasteiger partial charge in [0.2, 0.25) is 0 Å². The summed E-state index contributed by atoms with van der Waals surface area (Å²) < 4.78 is 37.0. The lowest BCUT2D eigenvalue weighted by Crippen LogP contribution is -2.44. The van der Waals surface area contributed by atoms with E-state index in [0.29, 0.717) is 6.04 Å². The van der Waals surface area contributed by atoms with Crippen LogP contribution in [0.3, 0.4) is 0 Å². The molecule has 0 aliphatic carbocycles. The van der Waals surface area contributed by atoms with E-state index >= 15 is 0 Å². The molecule has 0 aromatic heterocycles. The number of benzene rings is 1. The number of hydrogen-bond acceptors (Lipinski definition) is 2. The first kappa shape index (κ1) is 12.8. The molecular formula is C12H14F3NS. The highest BCUT2D eigenvalue weighted by atomic mass is 32.2. The quantitative estimate of drug-likeness (QED) is 0.892. The molecule has 1 aliphatic rings. The molecule has 1 unspecified atom stereocenters. The van der Waals surface area contributed by atoms with Crippen molar-refractivity contribution in [1.29, 1.82) is 0 Å². The Morgan fingerprint density at radius 3 is 2.35 bits per heavy atom. The molecule has 0 spiro atoms. The number of thioether (sulfide) groups is 1. The fourth-order valence-corrected chi connectivity index (χ4v) is 2.71. The Morgan fingerprint density at radius 1 is 1.24 bits per heavy atom. The van der Waals surface area contributed by atoms with Crippen LogP contribution in [0.2, 0.25) is 0 Å². The summed E-state index contributed by atoms with van der Waals surface area (Å²) in [6.45, 7) is 1.09. The van der Waals surface area contributed by atoms with Gasteiger partial charge >= 0.3 is 6.18 Å². The maximum atomic E-state index is 12.3. The molecule has 2 rings (SSSR count). The van der Waals surface area contributed by atoms with Gasteiger partial charge in [-0.25, -0.2) is 0 Å². The Kier molecular flexibility index (Phi) is 3.99. The fourth-order valence-electron chi connectivity index (χ4n) is 1.60. The molecule has 17 heavy (non-hydrogen) atoms. The standard InChI is InChI=1S/C12H14F3NS/c13-12(14,15)10-3-1-9(2-4-10)7-17-8-11-5-6-16-11/h1-4,11,16H,5-8H2. The van der Waals surface area contributed by atoms with E-state index in [0.717, 1.165) is 35.7 Å². The first-order valence-corrected chi connectivity index (χ1v) is 6.68. The predicted molar refractivity (Wildman–Crippen MR) is 64.0 cm³/mol. The minimum Gasteiger partial charge on any atom is -0.313 e. The third-order valence-corrected chi connectivity index (χ3v) is 3.97. The van der Waals surface area contributed by atoms with Crippen LogP contribution >= 0.6 is 11.8 Å². The average Bonchev–Trinajstić information content (AvgIpc) is 2.21. The van der Waals surface area contributed by atoms with E-state index in [1.165, 1.54) is 6.42 Å². The summed E-state index contributed by atoms with van der Waals surface area (Å²) in [5.41, 5.74) is 0.370. The summed E-state index contributed by atoms with van der Waals surface area (Å²) in [5, 5.41) is 3.29. The summed E-state index contributed by atoms with van der Waals surface area (Å²) in [4.78, 5) is 0. The van der Waals surface area contributed by atoms with E-state index in [-0.39, 0.29) is 0 Å². The van der Waals surface area contributed by atoms with Crippen LogP contribution in [-0.4, -0.2) is 18.3 Å². The molecule has 1 N–H and O–H groups in total. The third-order valence-electron chi connectivity index (χ3n) is 2.79. The molecule has 1 aliphatic heterocycles.